The number of nitrogens with zero attached hydrogens (tertiary/aromatic N) is 1. The number of carboxylic acid groups (broad SMARTS) is 1. The summed E-state index contributed by atoms with van der Waals surface area (Å²) in [6, 6.07) is 7.01. The maximum absolute atomic E-state index is 11.9. The number of H-pyrrole nitrogens is 1. The molecule has 0 aliphatic rings. The molecule has 2 aromatic rings. The van der Waals surface area contributed by atoms with Crippen LogP contribution in [0.25, 0.3) is 10.9 Å². The first-order valence-corrected chi connectivity index (χ1v) is 6.62. The predicted molar refractivity (Wildman–Crippen MR) is 78.1 cm³/mol. The number of carboxylic acids is 1. The Morgan fingerprint density at radius 2 is 2.00 bits per heavy atom. The van der Waals surface area contributed by atoms with Crippen LogP contribution in [0.3, 0.4) is 0 Å². The van der Waals surface area contributed by atoms with Crippen LogP contribution in [-0.2, 0) is 4.79 Å². The van der Waals surface area contributed by atoms with E-state index in [1.807, 2.05) is 0 Å². The number of aliphatic carboxylic acids is 1. The molecule has 6 heteroatoms. The second-order valence-corrected chi connectivity index (χ2v) is 5.18. The van der Waals surface area contributed by atoms with Crippen LogP contribution in [0.5, 0.6) is 0 Å². The van der Waals surface area contributed by atoms with Crippen molar-refractivity contribution in [2.24, 2.45) is 0 Å². The number of hydrogen-bond acceptors (Lipinski definition) is 3. The van der Waals surface area contributed by atoms with Gasteiger partial charge in [0.25, 0.3) is 5.91 Å². The van der Waals surface area contributed by atoms with E-state index in [1.165, 1.54) is 4.90 Å². The third-order valence-corrected chi connectivity index (χ3v) is 3.30. The van der Waals surface area contributed by atoms with Crippen LogP contribution in [0.2, 0.25) is 0 Å². The zero-order valence-corrected chi connectivity index (χ0v) is 12.0. The van der Waals surface area contributed by atoms with Gasteiger partial charge in [0.15, 0.2) is 0 Å². The lowest BCUT2D eigenvalue weighted by Gasteiger charge is -2.09. The van der Waals surface area contributed by atoms with Gasteiger partial charge in [0.05, 0.1) is 6.10 Å². The number of aliphatic hydroxyl groups is 1. The van der Waals surface area contributed by atoms with Crippen molar-refractivity contribution in [3.8, 4) is 0 Å². The minimum absolute atomic E-state index is 0.0866. The van der Waals surface area contributed by atoms with Gasteiger partial charge >= 0.3 is 5.97 Å². The van der Waals surface area contributed by atoms with E-state index in [4.69, 9.17) is 5.11 Å². The summed E-state index contributed by atoms with van der Waals surface area (Å²) in [6.07, 6.45) is -0.751. The zero-order valence-electron chi connectivity index (χ0n) is 12.0. The highest BCUT2D eigenvalue weighted by Crippen LogP contribution is 2.24. The van der Waals surface area contributed by atoms with Gasteiger partial charge in [-0.3, -0.25) is 9.59 Å². The lowest BCUT2D eigenvalue weighted by atomic mass is 10.0. The average molecular weight is 290 g/mol. The Labute approximate surface area is 122 Å². The number of amides is 1. The van der Waals surface area contributed by atoms with Crippen LogP contribution < -0.4 is 0 Å². The molecular formula is C15H18N2O4. The molecule has 0 radical (unpaired) electrons. The van der Waals surface area contributed by atoms with Crippen LogP contribution >= 0.6 is 0 Å². The summed E-state index contributed by atoms with van der Waals surface area (Å²) in [4.78, 5) is 26.9. The highest BCUT2D eigenvalue weighted by molar-refractivity contribution is 5.97. The molecule has 6 nitrogen and oxygen atoms in total. The lowest BCUT2D eigenvalue weighted by molar-refractivity contribution is -0.137. The first-order chi connectivity index (χ1) is 9.88. The molecule has 1 unspecified atom stereocenters. The third-order valence-electron chi connectivity index (χ3n) is 3.30. The molecule has 0 spiro atoms. The van der Waals surface area contributed by atoms with E-state index < -0.39 is 12.1 Å². The monoisotopic (exact) mass is 290 g/mol. The third kappa shape index (κ3) is 3.41. The Hall–Kier alpha value is -2.34. The summed E-state index contributed by atoms with van der Waals surface area (Å²) >= 11 is 0. The highest BCUT2D eigenvalue weighted by atomic mass is 16.4. The Morgan fingerprint density at radius 3 is 2.62 bits per heavy atom. The van der Waals surface area contributed by atoms with Gasteiger partial charge in [-0.15, -0.1) is 0 Å². The van der Waals surface area contributed by atoms with Crippen LogP contribution in [-0.4, -0.2) is 46.1 Å². The van der Waals surface area contributed by atoms with Crippen LogP contribution in [0.4, 0.5) is 0 Å². The van der Waals surface area contributed by atoms with E-state index in [-0.39, 0.29) is 18.7 Å². The normalized spacial score (nSPS) is 12.3. The van der Waals surface area contributed by atoms with E-state index in [9.17, 15) is 14.7 Å². The molecule has 1 atom stereocenters. The van der Waals surface area contributed by atoms with Crippen molar-refractivity contribution >= 4 is 22.8 Å². The molecule has 1 amide bonds. The topological polar surface area (TPSA) is 93.6 Å². The van der Waals surface area contributed by atoms with Crippen molar-refractivity contribution in [1.29, 1.82) is 0 Å². The molecule has 0 saturated heterocycles. The molecule has 0 fully saturated rings. The molecule has 112 valence electrons. The number of aliphatic hydroxyl groups excluding tert-OH is 1. The fourth-order valence-electron chi connectivity index (χ4n) is 2.14. The highest BCUT2D eigenvalue weighted by Gasteiger charge is 2.14. The van der Waals surface area contributed by atoms with Crippen molar-refractivity contribution in [3.05, 3.63) is 35.5 Å². The molecule has 0 aliphatic carbocycles. The molecule has 2 rings (SSSR count). The number of carbonyl (C=O) groups excluding carboxylic acids is 1. The molecule has 3 N–H and O–H groups in total. The van der Waals surface area contributed by atoms with Crippen LogP contribution in [0.1, 0.15) is 35.0 Å². The molecule has 21 heavy (non-hydrogen) atoms. The van der Waals surface area contributed by atoms with Crippen LogP contribution in [0, 0.1) is 0 Å². The van der Waals surface area contributed by atoms with Gasteiger partial charge in [0.2, 0.25) is 0 Å². The average Bonchev–Trinajstić information content (AvgIpc) is 2.86. The second-order valence-electron chi connectivity index (χ2n) is 5.18. The molecule has 1 aromatic heterocycles. The number of aromatic amines is 1. The van der Waals surface area contributed by atoms with Gasteiger partial charge in [-0.2, -0.15) is 0 Å². The lowest BCUT2D eigenvalue weighted by Crippen LogP contribution is -2.21. The Balaban J connectivity index is 2.25. The standard InChI is InChI=1S/C15H18N2O4/c1-17(2)15(21)12-8-10-7-9(3-4-11(10)16-12)13(18)5-6-14(19)20/h3-4,7-8,13,16,18H,5-6H2,1-2H3,(H,19,20). The van der Waals surface area contributed by atoms with Crippen LogP contribution in [0.15, 0.2) is 24.3 Å². The number of aromatic nitrogens is 1. The van der Waals surface area contributed by atoms with Gasteiger partial charge in [0.1, 0.15) is 5.69 Å². The predicted octanol–water partition coefficient (Wildman–Crippen LogP) is 1.77. The minimum Gasteiger partial charge on any atom is -0.481 e. The van der Waals surface area contributed by atoms with Crippen molar-refractivity contribution in [3.63, 3.8) is 0 Å². The molecule has 0 saturated carbocycles. The number of benzene rings is 1. The quantitative estimate of drug-likeness (QED) is 0.782. The summed E-state index contributed by atoms with van der Waals surface area (Å²) in [7, 11) is 3.35. The number of fused-ring (bicyclic) bond motifs is 1. The second kappa shape index (κ2) is 5.97. The van der Waals surface area contributed by atoms with E-state index in [0.717, 1.165) is 10.9 Å². The van der Waals surface area contributed by atoms with E-state index in [1.54, 1.807) is 38.4 Å². The number of hydrogen-bond donors (Lipinski definition) is 3. The van der Waals surface area contributed by atoms with Crippen molar-refractivity contribution in [2.75, 3.05) is 14.1 Å². The van der Waals surface area contributed by atoms with Gasteiger partial charge in [-0.1, -0.05) is 6.07 Å². The fourth-order valence-corrected chi connectivity index (χ4v) is 2.14. The van der Waals surface area contributed by atoms with Gasteiger partial charge in [-0.05, 0) is 30.2 Å². The van der Waals surface area contributed by atoms with Crippen molar-refractivity contribution < 1.29 is 19.8 Å². The number of carbonyl (C=O) groups is 2. The fraction of sp³-hybridized carbons (Fsp3) is 0.333. The first-order valence-electron chi connectivity index (χ1n) is 6.62. The summed E-state index contributed by atoms with van der Waals surface area (Å²) in [5.74, 6) is -1.06. The first kappa shape index (κ1) is 15.1. The minimum atomic E-state index is -0.935. The molecule has 0 bridgehead atoms. The maximum Gasteiger partial charge on any atom is 0.303 e. The van der Waals surface area contributed by atoms with Crippen molar-refractivity contribution in [2.45, 2.75) is 18.9 Å². The van der Waals surface area contributed by atoms with Gasteiger partial charge in [0, 0.05) is 31.4 Å². The Kier molecular flexibility index (Phi) is 4.28. The van der Waals surface area contributed by atoms with Crippen molar-refractivity contribution in [1.82, 2.24) is 9.88 Å². The largest absolute Gasteiger partial charge is 0.481 e. The molecular weight excluding hydrogens is 272 g/mol. The Bertz CT molecular complexity index is 675. The van der Waals surface area contributed by atoms with Gasteiger partial charge in [-0.25, -0.2) is 0 Å². The van der Waals surface area contributed by atoms with Gasteiger partial charge < -0.3 is 20.1 Å². The molecule has 1 heterocycles. The summed E-state index contributed by atoms with van der Waals surface area (Å²) in [5, 5.41) is 19.4. The summed E-state index contributed by atoms with van der Waals surface area (Å²) in [5.41, 5.74) is 1.92. The number of nitrogens with one attached hydrogen (secondary N) is 1. The molecule has 1 aromatic carbocycles. The van der Waals surface area contributed by atoms with E-state index in [0.29, 0.717) is 11.3 Å². The summed E-state index contributed by atoms with van der Waals surface area (Å²) < 4.78 is 0. The molecule has 0 aliphatic heterocycles. The van der Waals surface area contributed by atoms with E-state index in [2.05, 4.69) is 4.98 Å². The SMILES string of the molecule is CN(C)C(=O)c1cc2cc(C(O)CCC(=O)O)ccc2[nH]1. The van der Waals surface area contributed by atoms with E-state index >= 15 is 0 Å². The Morgan fingerprint density at radius 1 is 1.29 bits per heavy atom. The summed E-state index contributed by atoms with van der Waals surface area (Å²) in [6.45, 7) is 0. The maximum atomic E-state index is 11.9. The number of rotatable bonds is 5. The zero-order chi connectivity index (χ0) is 15.6. The smallest absolute Gasteiger partial charge is 0.303 e.